The van der Waals surface area contributed by atoms with E-state index in [-0.39, 0.29) is 12.1 Å². The molecule has 2 aliphatic rings. The maximum absolute atomic E-state index is 12.2. The molecular formula is C23H31ClN6O. The average Bonchev–Trinajstić information content (AvgIpc) is 2.75. The lowest BCUT2D eigenvalue weighted by Gasteiger charge is -2.36. The van der Waals surface area contributed by atoms with E-state index in [0.717, 1.165) is 56.0 Å². The molecule has 2 amide bonds. The highest BCUT2D eigenvalue weighted by atomic mass is 35.5. The topological polar surface area (TPSA) is 87.4 Å². The van der Waals surface area contributed by atoms with E-state index < -0.39 is 6.03 Å². The second-order valence-corrected chi connectivity index (χ2v) is 9.17. The summed E-state index contributed by atoms with van der Waals surface area (Å²) in [5, 5.41) is 4.20. The average molecular weight is 443 g/mol. The van der Waals surface area contributed by atoms with Crippen molar-refractivity contribution in [2.24, 2.45) is 5.73 Å². The zero-order valence-electron chi connectivity index (χ0n) is 18.3. The molecule has 3 N–H and O–H groups in total. The lowest BCUT2D eigenvalue weighted by molar-refractivity contribution is 0.248. The van der Waals surface area contributed by atoms with Crippen molar-refractivity contribution in [1.82, 2.24) is 9.97 Å². The monoisotopic (exact) mass is 442 g/mol. The minimum atomic E-state index is -0.424. The van der Waals surface area contributed by atoms with Crippen molar-refractivity contribution in [3.8, 4) is 0 Å². The second kappa shape index (κ2) is 9.30. The van der Waals surface area contributed by atoms with Gasteiger partial charge in [-0.25, -0.2) is 9.78 Å². The number of fused-ring (bicyclic) bond motifs is 1. The number of hydrogen-bond acceptors (Lipinski definition) is 5. The molecule has 1 aromatic heterocycles. The van der Waals surface area contributed by atoms with Gasteiger partial charge < -0.3 is 16.0 Å². The van der Waals surface area contributed by atoms with Gasteiger partial charge in [-0.2, -0.15) is 4.98 Å². The Balaban J connectivity index is 1.44. The van der Waals surface area contributed by atoms with Gasteiger partial charge in [-0.05, 0) is 75.6 Å². The molecule has 1 fully saturated rings. The number of nitrogens with one attached hydrogen (secondary N) is 1. The molecule has 1 saturated carbocycles. The van der Waals surface area contributed by atoms with Crippen LogP contribution in [0.5, 0.6) is 0 Å². The summed E-state index contributed by atoms with van der Waals surface area (Å²) in [4.78, 5) is 25.6. The lowest BCUT2D eigenvalue weighted by atomic mass is 9.90. The lowest BCUT2D eigenvalue weighted by Crippen LogP contribution is -2.46. The molecule has 2 aromatic rings. The van der Waals surface area contributed by atoms with Crippen LogP contribution in [0.25, 0.3) is 0 Å². The molecule has 4 rings (SSSR count). The van der Waals surface area contributed by atoms with Crippen LogP contribution in [0.1, 0.15) is 49.8 Å². The van der Waals surface area contributed by atoms with Crippen molar-refractivity contribution in [3.05, 3.63) is 40.5 Å². The van der Waals surface area contributed by atoms with Gasteiger partial charge in [-0.1, -0.05) is 11.6 Å². The summed E-state index contributed by atoms with van der Waals surface area (Å²) in [6, 6.07) is 7.21. The van der Waals surface area contributed by atoms with Crippen molar-refractivity contribution in [2.75, 3.05) is 29.2 Å². The van der Waals surface area contributed by atoms with Gasteiger partial charge in [0.25, 0.3) is 0 Å². The molecule has 0 spiro atoms. The molecule has 1 heterocycles. The third-order valence-corrected chi connectivity index (χ3v) is 6.57. The number of amides is 2. The molecule has 31 heavy (non-hydrogen) atoms. The van der Waals surface area contributed by atoms with Crippen molar-refractivity contribution >= 4 is 35.1 Å². The number of hydrogen-bond donors (Lipinski definition) is 2. The number of aromatic nitrogens is 2. The van der Waals surface area contributed by atoms with E-state index in [1.807, 2.05) is 26.2 Å². The van der Waals surface area contributed by atoms with Crippen LogP contribution in [0, 0.1) is 0 Å². The van der Waals surface area contributed by atoms with Gasteiger partial charge in [-0.3, -0.25) is 4.90 Å². The van der Waals surface area contributed by atoms with Crippen LogP contribution in [-0.2, 0) is 12.8 Å². The molecule has 0 unspecified atom stereocenters. The maximum atomic E-state index is 12.2. The number of carbonyl (C=O) groups is 1. The fourth-order valence-electron chi connectivity index (χ4n) is 4.79. The normalized spacial score (nSPS) is 20.6. The van der Waals surface area contributed by atoms with Gasteiger partial charge in [0, 0.05) is 42.5 Å². The Labute approximate surface area is 189 Å². The zero-order chi connectivity index (χ0) is 22.0. The van der Waals surface area contributed by atoms with Gasteiger partial charge in [0.05, 0.1) is 5.69 Å². The largest absolute Gasteiger partial charge is 0.362 e. The number of rotatable bonds is 5. The van der Waals surface area contributed by atoms with E-state index in [0.29, 0.717) is 5.02 Å². The number of primary amides is 1. The minimum absolute atomic E-state index is 0.0820. The van der Waals surface area contributed by atoms with Crippen molar-refractivity contribution in [2.45, 2.75) is 63.5 Å². The first-order valence-electron chi connectivity index (χ1n) is 11.1. The van der Waals surface area contributed by atoms with Gasteiger partial charge in [0.15, 0.2) is 0 Å². The van der Waals surface area contributed by atoms with Crippen molar-refractivity contribution in [1.29, 1.82) is 0 Å². The number of aryl methyl sites for hydroxylation is 1. The highest BCUT2D eigenvalue weighted by Crippen LogP contribution is 2.31. The van der Waals surface area contributed by atoms with E-state index >= 15 is 0 Å². The molecule has 0 bridgehead atoms. The summed E-state index contributed by atoms with van der Waals surface area (Å²) >= 11 is 5.99. The number of benzene rings is 1. The maximum Gasteiger partial charge on any atom is 0.319 e. The molecule has 2 aliphatic carbocycles. The van der Waals surface area contributed by atoms with Crippen LogP contribution in [-0.4, -0.2) is 42.2 Å². The summed E-state index contributed by atoms with van der Waals surface area (Å²) < 4.78 is 0. The highest BCUT2D eigenvalue weighted by molar-refractivity contribution is 6.30. The van der Waals surface area contributed by atoms with Crippen molar-refractivity contribution in [3.63, 3.8) is 0 Å². The Morgan fingerprint density at radius 3 is 2.39 bits per heavy atom. The minimum Gasteiger partial charge on any atom is -0.362 e. The predicted octanol–water partition coefficient (Wildman–Crippen LogP) is 4.38. The molecule has 7 nitrogen and oxygen atoms in total. The molecular weight excluding hydrogens is 412 g/mol. The van der Waals surface area contributed by atoms with E-state index in [1.54, 1.807) is 17.0 Å². The van der Waals surface area contributed by atoms with E-state index in [4.69, 9.17) is 27.3 Å². The van der Waals surface area contributed by atoms with Gasteiger partial charge in [-0.15, -0.1) is 0 Å². The van der Waals surface area contributed by atoms with Crippen molar-refractivity contribution < 1.29 is 4.79 Å². The number of anilines is 3. The number of nitrogens with two attached hydrogens (primary N) is 1. The molecule has 8 heteroatoms. The Morgan fingerprint density at radius 2 is 1.74 bits per heavy atom. The Bertz CT molecular complexity index is 924. The second-order valence-electron chi connectivity index (χ2n) is 8.73. The van der Waals surface area contributed by atoms with Crippen LogP contribution in [0.2, 0.25) is 5.02 Å². The van der Waals surface area contributed by atoms with Crippen LogP contribution >= 0.6 is 11.6 Å². The Hall–Kier alpha value is -2.54. The van der Waals surface area contributed by atoms with Gasteiger partial charge in [0.1, 0.15) is 5.82 Å². The summed E-state index contributed by atoms with van der Waals surface area (Å²) in [5.74, 6) is 1.75. The first-order valence-corrected chi connectivity index (χ1v) is 11.5. The zero-order valence-corrected chi connectivity index (χ0v) is 19.0. The molecule has 0 atom stereocenters. The molecule has 166 valence electrons. The predicted molar refractivity (Wildman–Crippen MR) is 126 cm³/mol. The molecule has 0 radical (unpaired) electrons. The first kappa shape index (κ1) is 21.7. The molecule has 0 aliphatic heterocycles. The summed E-state index contributed by atoms with van der Waals surface area (Å²) in [5.41, 5.74) is 8.99. The first-order chi connectivity index (χ1) is 14.9. The highest BCUT2D eigenvalue weighted by Gasteiger charge is 2.29. The van der Waals surface area contributed by atoms with Crippen LogP contribution < -0.4 is 20.9 Å². The summed E-state index contributed by atoms with van der Waals surface area (Å²) in [6.45, 7) is 0. The number of urea groups is 1. The van der Waals surface area contributed by atoms with Crippen LogP contribution in [0.15, 0.2) is 24.3 Å². The van der Waals surface area contributed by atoms with E-state index in [2.05, 4.69) is 10.2 Å². The van der Waals surface area contributed by atoms with E-state index in [9.17, 15) is 4.79 Å². The summed E-state index contributed by atoms with van der Waals surface area (Å²) in [7, 11) is 4.09. The third-order valence-electron chi connectivity index (χ3n) is 6.32. The number of halogens is 1. The number of nitrogens with zero attached hydrogens (tertiary/aromatic N) is 4. The standard InChI is InChI=1S/C23H31ClN6O/c1-29(2)21-19-5-3-4-6-20(19)27-23(28-21)26-16-9-13-18(14-10-16)30(22(25)31)17-11-7-15(24)8-12-17/h7-8,11-12,16,18H,3-6,9-10,13-14H2,1-2H3,(H2,25,31)(H,26,27,28). The van der Waals surface area contributed by atoms with Gasteiger partial charge >= 0.3 is 6.03 Å². The Kier molecular flexibility index (Phi) is 6.51. The smallest absolute Gasteiger partial charge is 0.319 e. The van der Waals surface area contributed by atoms with Crippen LogP contribution in [0.3, 0.4) is 0 Å². The third kappa shape index (κ3) is 4.87. The molecule has 1 aromatic carbocycles. The van der Waals surface area contributed by atoms with Crippen LogP contribution in [0.4, 0.5) is 22.2 Å². The molecule has 0 saturated heterocycles. The number of carbonyl (C=O) groups excluding carboxylic acids is 1. The SMILES string of the molecule is CN(C)c1nc(NC2CCC(N(C(N)=O)c3ccc(Cl)cc3)CC2)nc2c1CCCC2. The van der Waals surface area contributed by atoms with E-state index in [1.165, 1.54) is 24.1 Å². The quantitative estimate of drug-likeness (QED) is 0.717. The fraction of sp³-hybridized carbons (Fsp3) is 0.522. The summed E-state index contributed by atoms with van der Waals surface area (Å²) in [6.07, 6.45) is 8.08. The fourth-order valence-corrected chi connectivity index (χ4v) is 4.92. The van der Waals surface area contributed by atoms with Gasteiger partial charge in [0.2, 0.25) is 5.95 Å². The Morgan fingerprint density at radius 1 is 1.06 bits per heavy atom.